The summed E-state index contributed by atoms with van der Waals surface area (Å²) in [5, 5.41) is 3.18. The van der Waals surface area contributed by atoms with Gasteiger partial charge in [0.25, 0.3) is 0 Å². The monoisotopic (exact) mass is 573 g/mol. The summed E-state index contributed by atoms with van der Waals surface area (Å²) >= 11 is 6.06. The summed E-state index contributed by atoms with van der Waals surface area (Å²) in [6, 6.07) is 21.0. The molecule has 0 aliphatic carbocycles. The number of halogens is 2. The van der Waals surface area contributed by atoms with Crippen LogP contribution in [0.3, 0.4) is 0 Å². The molecule has 0 bridgehead atoms. The molecule has 0 radical (unpaired) electrons. The van der Waals surface area contributed by atoms with E-state index in [4.69, 9.17) is 11.6 Å². The van der Waals surface area contributed by atoms with Gasteiger partial charge in [0.2, 0.25) is 21.8 Å². The first kappa shape index (κ1) is 30.1. The summed E-state index contributed by atoms with van der Waals surface area (Å²) in [4.78, 5) is 28.2. The SMILES string of the molecule is CCNC(=O)[C@H](Cc1ccccc1)N(Cc1ccccc1F)C(=O)CCCN(c1cccc(Cl)c1)S(C)(=O)=O. The van der Waals surface area contributed by atoms with Crippen molar-refractivity contribution in [3.63, 3.8) is 0 Å². The minimum absolute atomic E-state index is 0.0307. The first-order valence-electron chi connectivity index (χ1n) is 12.7. The zero-order chi connectivity index (χ0) is 28.4. The molecule has 208 valence electrons. The van der Waals surface area contributed by atoms with E-state index in [1.807, 2.05) is 30.3 Å². The minimum Gasteiger partial charge on any atom is -0.355 e. The number of nitrogens with one attached hydrogen (secondary N) is 1. The van der Waals surface area contributed by atoms with Crippen molar-refractivity contribution in [2.24, 2.45) is 0 Å². The van der Waals surface area contributed by atoms with E-state index in [0.29, 0.717) is 17.3 Å². The molecule has 0 aliphatic rings. The maximum absolute atomic E-state index is 14.6. The van der Waals surface area contributed by atoms with E-state index < -0.39 is 21.9 Å². The highest BCUT2D eigenvalue weighted by molar-refractivity contribution is 7.92. The molecule has 0 spiro atoms. The molecule has 2 amide bonds. The van der Waals surface area contributed by atoms with Gasteiger partial charge in [0, 0.05) is 43.1 Å². The number of benzene rings is 3. The lowest BCUT2D eigenvalue weighted by Gasteiger charge is -2.32. The topological polar surface area (TPSA) is 86.8 Å². The van der Waals surface area contributed by atoms with Crippen LogP contribution in [-0.4, -0.2) is 50.5 Å². The molecule has 3 aromatic rings. The third kappa shape index (κ3) is 8.80. The van der Waals surface area contributed by atoms with Gasteiger partial charge in [-0.1, -0.05) is 66.2 Å². The molecule has 39 heavy (non-hydrogen) atoms. The number of nitrogens with zero attached hydrogens (tertiary/aromatic N) is 2. The Morgan fingerprint density at radius 2 is 1.69 bits per heavy atom. The molecular weight excluding hydrogens is 541 g/mol. The van der Waals surface area contributed by atoms with Gasteiger partial charge in [0.1, 0.15) is 11.9 Å². The largest absolute Gasteiger partial charge is 0.355 e. The maximum atomic E-state index is 14.6. The zero-order valence-corrected chi connectivity index (χ0v) is 23.6. The third-order valence-electron chi connectivity index (χ3n) is 6.17. The number of carbonyl (C=O) groups excluding carboxylic acids is 2. The Balaban J connectivity index is 1.87. The number of likely N-dealkylation sites (N-methyl/N-ethyl adjacent to an activating group) is 1. The Bertz CT molecular complexity index is 1370. The third-order valence-corrected chi connectivity index (χ3v) is 7.60. The second-order valence-corrected chi connectivity index (χ2v) is 11.5. The van der Waals surface area contributed by atoms with Crippen molar-refractivity contribution in [2.45, 2.75) is 38.8 Å². The van der Waals surface area contributed by atoms with E-state index in [-0.39, 0.29) is 49.7 Å². The molecular formula is C29H33ClFN3O4S. The molecule has 0 heterocycles. The van der Waals surface area contributed by atoms with Crippen molar-refractivity contribution in [3.8, 4) is 0 Å². The first-order valence-corrected chi connectivity index (χ1v) is 14.9. The number of rotatable bonds is 13. The Kier molecular flexibility index (Phi) is 10.9. The lowest BCUT2D eigenvalue weighted by Crippen LogP contribution is -2.50. The van der Waals surface area contributed by atoms with Gasteiger partial charge in [0.15, 0.2) is 0 Å². The quantitative estimate of drug-likeness (QED) is 0.318. The molecule has 0 aromatic heterocycles. The predicted molar refractivity (Wildman–Crippen MR) is 152 cm³/mol. The molecule has 1 N–H and O–H groups in total. The molecule has 3 rings (SSSR count). The fourth-order valence-electron chi connectivity index (χ4n) is 4.29. The van der Waals surface area contributed by atoms with Crippen molar-refractivity contribution in [1.82, 2.24) is 10.2 Å². The number of hydrogen-bond donors (Lipinski definition) is 1. The number of carbonyl (C=O) groups is 2. The average molecular weight is 574 g/mol. The van der Waals surface area contributed by atoms with Gasteiger partial charge in [-0.15, -0.1) is 0 Å². The number of hydrogen-bond acceptors (Lipinski definition) is 4. The summed E-state index contributed by atoms with van der Waals surface area (Å²) in [6.45, 7) is 2.08. The average Bonchev–Trinajstić information content (AvgIpc) is 2.89. The van der Waals surface area contributed by atoms with E-state index >= 15 is 0 Å². The van der Waals surface area contributed by atoms with Gasteiger partial charge >= 0.3 is 0 Å². The molecule has 0 aliphatic heterocycles. The maximum Gasteiger partial charge on any atom is 0.243 e. The van der Waals surface area contributed by atoms with E-state index in [1.54, 1.807) is 49.4 Å². The summed E-state index contributed by atoms with van der Waals surface area (Å²) < 4.78 is 40.8. The fourth-order valence-corrected chi connectivity index (χ4v) is 5.43. The van der Waals surface area contributed by atoms with Gasteiger partial charge in [-0.05, 0) is 43.2 Å². The van der Waals surface area contributed by atoms with Crippen LogP contribution in [0.4, 0.5) is 10.1 Å². The lowest BCUT2D eigenvalue weighted by atomic mass is 10.0. The van der Waals surface area contributed by atoms with E-state index in [1.165, 1.54) is 15.3 Å². The van der Waals surface area contributed by atoms with Crippen molar-refractivity contribution >= 4 is 39.1 Å². The molecule has 3 aromatic carbocycles. The Morgan fingerprint density at radius 1 is 1.00 bits per heavy atom. The second kappa shape index (κ2) is 14.1. The van der Waals surface area contributed by atoms with Crippen LogP contribution in [0.25, 0.3) is 0 Å². The fraction of sp³-hybridized carbons (Fsp3) is 0.310. The van der Waals surface area contributed by atoms with Crippen LogP contribution in [0, 0.1) is 5.82 Å². The molecule has 1 atom stereocenters. The Labute approximate surface area is 234 Å². The van der Waals surface area contributed by atoms with Crippen molar-refractivity contribution < 1.29 is 22.4 Å². The van der Waals surface area contributed by atoms with Crippen LogP contribution in [-0.2, 0) is 32.6 Å². The van der Waals surface area contributed by atoms with E-state index in [9.17, 15) is 22.4 Å². The highest BCUT2D eigenvalue weighted by Crippen LogP contribution is 2.23. The summed E-state index contributed by atoms with van der Waals surface area (Å²) in [6.07, 6.45) is 1.46. The van der Waals surface area contributed by atoms with E-state index in [2.05, 4.69) is 5.32 Å². The Morgan fingerprint density at radius 3 is 2.33 bits per heavy atom. The van der Waals surface area contributed by atoms with Gasteiger partial charge < -0.3 is 10.2 Å². The number of anilines is 1. The zero-order valence-electron chi connectivity index (χ0n) is 22.0. The highest BCUT2D eigenvalue weighted by Gasteiger charge is 2.30. The number of sulfonamides is 1. The van der Waals surface area contributed by atoms with Crippen LogP contribution < -0.4 is 9.62 Å². The van der Waals surface area contributed by atoms with Crippen LogP contribution in [0.1, 0.15) is 30.9 Å². The molecule has 0 fully saturated rings. The summed E-state index contributed by atoms with van der Waals surface area (Å²) in [5.74, 6) is -1.21. The number of amides is 2. The minimum atomic E-state index is -3.65. The van der Waals surface area contributed by atoms with Gasteiger partial charge in [-0.3, -0.25) is 13.9 Å². The smallest absolute Gasteiger partial charge is 0.243 e. The molecule has 0 saturated heterocycles. The molecule has 0 saturated carbocycles. The normalized spacial score (nSPS) is 12.0. The standard InChI is InChI=1S/C29H33ClFN3O4S/c1-3-32-29(36)27(19-22-11-5-4-6-12-22)33(21-23-13-7-8-16-26(23)31)28(35)17-10-18-34(39(2,37)38)25-15-9-14-24(30)20-25/h4-9,11-16,20,27H,3,10,17-19,21H2,1-2H3,(H,32,36)/t27-/m0/s1. The molecule has 10 heteroatoms. The summed E-state index contributed by atoms with van der Waals surface area (Å²) in [7, 11) is -3.65. The van der Waals surface area contributed by atoms with Crippen LogP contribution in [0.15, 0.2) is 78.9 Å². The van der Waals surface area contributed by atoms with Crippen LogP contribution in [0.5, 0.6) is 0 Å². The first-order chi connectivity index (χ1) is 18.6. The van der Waals surface area contributed by atoms with Gasteiger partial charge in [-0.2, -0.15) is 0 Å². The van der Waals surface area contributed by atoms with Crippen molar-refractivity contribution in [3.05, 3.63) is 101 Å². The Hall–Kier alpha value is -3.43. The van der Waals surface area contributed by atoms with Gasteiger partial charge in [0.05, 0.1) is 11.9 Å². The van der Waals surface area contributed by atoms with Crippen molar-refractivity contribution in [2.75, 3.05) is 23.7 Å². The predicted octanol–water partition coefficient (Wildman–Crippen LogP) is 4.80. The highest BCUT2D eigenvalue weighted by atomic mass is 35.5. The molecule has 0 unspecified atom stereocenters. The van der Waals surface area contributed by atoms with Crippen LogP contribution >= 0.6 is 11.6 Å². The summed E-state index contributed by atoms with van der Waals surface area (Å²) in [5.41, 5.74) is 1.53. The van der Waals surface area contributed by atoms with E-state index in [0.717, 1.165) is 11.8 Å². The second-order valence-electron chi connectivity index (χ2n) is 9.13. The van der Waals surface area contributed by atoms with Crippen LogP contribution in [0.2, 0.25) is 5.02 Å². The lowest BCUT2D eigenvalue weighted by molar-refractivity contribution is -0.141. The van der Waals surface area contributed by atoms with Crippen molar-refractivity contribution in [1.29, 1.82) is 0 Å². The van der Waals surface area contributed by atoms with Gasteiger partial charge in [-0.25, -0.2) is 12.8 Å². The molecule has 7 nitrogen and oxygen atoms in total.